The van der Waals surface area contributed by atoms with Crippen molar-refractivity contribution in [1.29, 1.82) is 0 Å². The van der Waals surface area contributed by atoms with Crippen LogP contribution in [-0.2, 0) is 0 Å². The number of aliphatic hydroxyl groups excluding tert-OH is 1. The number of nitrogens with one attached hydrogen (secondary N) is 1. The van der Waals surface area contributed by atoms with Gasteiger partial charge in [0.05, 0.1) is 6.61 Å². The van der Waals surface area contributed by atoms with Crippen molar-refractivity contribution in [2.75, 3.05) is 19.8 Å². The van der Waals surface area contributed by atoms with Crippen LogP contribution in [0.1, 0.15) is 24.5 Å². The molecule has 3 nitrogen and oxygen atoms in total. The number of hydrogen-bond acceptors (Lipinski definition) is 3. The molecule has 0 saturated carbocycles. The molecule has 0 bridgehead atoms. The fraction of sp³-hybridized carbons (Fsp3) is 0.571. The monoisotopic (exact) mass is 237 g/mol. The van der Waals surface area contributed by atoms with Gasteiger partial charge in [-0.2, -0.15) is 0 Å². The maximum Gasteiger partial charge on any atom is 0.122 e. The van der Waals surface area contributed by atoms with Gasteiger partial charge in [0.1, 0.15) is 12.4 Å². The normalized spacial score (nSPS) is 12.5. The lowest BCUT2D eigenvalue weighted by Crippen LogP contribution is -2.34. The van der Waals surface area contributed by atoms with Crippen molar-refractivity contribution in [3.05, 3.63) is 29.3 Å². The molecular weight excluding hydrogens is 214 g/mol. The molecule has 1 aromatic rings. The third-order valence-corrected chi connectivity index (χ3v) is 2.85. The van der Waals surface area contributed by atoms with Gasteiger partial charge in [-0.05, 0) is 37.5 Å². The van der Waals surface area contributed by atoms with Gasteiger partial charge >= 0.3 is 0 Å². The molecule has 0 radical (unpaired) electrons. The highest BCUT2D eigenvalue weighted by Crippen LogP contribution is 2.18. The first-order chi connectivity index (χ1) is 8.17. The van der Waals surface area contributed by atoms with Crippen molar-refractivity contribution in [3.63, 3.8) is 0 Å². The van der Waals surface area contributed by atoms with E-state index in [0.29, 0.717) is 6.61 Å². The second-order valence-corrected chi connectivity index (χ2v) is 4.36. The SMILES string of the molecule is CCC(CO)NCCOc1cc(C)ccc1C. The topological polar surface area (TPSA) is 41.5 Å². The van der Waals surface area contributed by atoms with Crippen LogP contribution in [0.5, 0.6) is 5.75 Å². The lowest BCUT2D eigenvalue weighted by molar-refractivity contribution is 0.227. The van der Waals surface area contributed by atoms with E-state index in [1.165, 1.54) is 5.56 Å². The Morgan fingerprint density at radius 1 is 1.35 bits per heavy atom. The molecule has 0 aliphatic carbocycles. The molecule has 1 atom stereocenters. The molecule has 0 spiro atoms. The maximum absolute atomic E-state index is 9.02. The van der Waals surface area contributed by atoms with E-state index in [0.717, 1.165) is 24.3 Å². The third kappa shape index (κ3) is 4.75. The summed E-state index contributed by atoms with van der Waals surface area (Å²) in [7, 11) is 0. The second kappa shape index (κ2) is 7.30. The van der Waals surface area contributed by atoms with Crippen LogP contribution in [0.15, 0.2) is 18.2 Å². The van der Waals surface area contributed by atoms with E-state index in [1.807, 2.05) is 6.92 Å². The summed E-state index contributed by atoms with van der Waals surface area (Å²) in [6.45, 7) is 7.72. The molecule has 1 aromatic carbocycles. The average Bonchev–Trinajstić information content (AvgIpc) is 2.33. The van der Waals surface area contributed by atoms with E-state index >= 15 is 0 Å². The molecule has 2 N–H and O–H groups in total. The highest BCUT2D eigenvalue weighted by atomic mass is 16.5. The molecule has 1 unspecified atom stereocenters. The number of ether oxygens (including phenoxy) is 1. The molecule has 17 heavy (non-hydrogen) atoms. The standard InChI is InChI=1S/C14H23NO2/c1-4-13(10-16)15-7-8-17-14-9-11(2)5-6-12(14)3/h5-6,9,13,15-16H,4,7-8,10H2,1-3H3. The highest BCUT2D eigenvalue weighted by Gasteiger charge is 2.03. The van der Waals surface area contributed by atoms with Crippen LogP contribution >= 0.6 is 0 Å². The van der Waals surface area contributed by atoms with Gasteiger partial charge in [-0.25, -0.2) is 0 Å². The largest absolute Gasteiger partial charge is 0.492 e. The fourth-order valence-corrected chi connectivity index (χ4v) is 1.62. The quantitative estimate of drug-likeness (QED) is 0.713. The Bertz CT molecular complexity index is 335. The number of benzene rings is 1. The average molecular weight is 237 g/mol. The fourth-order valence-electron chi connectivity index (χ4n) is 1.62. The first-order valence-corrected chi connectivity index (χ1v) is 6.21. The predicted molar refractivity (Wildman–Crippen MR) is 70.6 cm³/mol. The molecule has 0 heterocycles. The van der Waals surface area contributed by atoms with Gasteiger partial charge in [0.15, 0.2) is 0 Å². The van der Waals surface area contributed by atoms with E-state index in [1.54, 1.807) is 0 Å². The molecule has 0 amide bonds. The molecule has 1 rings (SSSR count). The summed E-state index contributed by atoms with van der Waals surface area (Å²) in [4.78, 5) is 0. The molecular formula is C14H23NO2. The minimum Gasteiger partial charge on any atom is -0.492 e. The third-order valence-electron chi connectivity index (χ3n) is 2.85. The minimum absolute atomic E-state index is 0.178. The zero-order chi connectivity index (χ0) is 12.7. The Labute approximate surface area is 104 Å². The molecule has 0 saturated heterocycles. The van der Waals surface area contributed by atoms with Crippen molar-refractivity contribution >= 4 is 0 Å². The molecule has 0 aromatic heterocycles. The Kier molecular flexibility index (Phi) is 6.01. The summed E-state index contributed by atoms with van der Waals surface area (Å²) in [5.74, 6) is 0.948. The second-order valence-electron chi connectivity index (χ2n) is 4.36. The van der Waals surface area contributed by atoms with E-state index < -0.39 is 0 Å². The minimum atomic E-state index is 0.178. The van der Waals surface area contributed by atoms with E-state index in [-0.39, 0.29) is 12.6 Å². The van der Waals surface area contributed by atoms with E-state index in [4.69, 9.17) is 9.84 Å². The van der Waals surface area contributed by atoms with Crippen molar-refractivity contribution in [2.24, 2.45) is 0 Å². The van der Waals surface area contributed by atoms with Crippen LogP contribution in [0, 0.1) is 13.8 Å². The smallest absolute Gasteiger partial charge is 0.122 e. The zero-order valence-electron chi connectivity index (χ0n) is 11.0. The van der Waals surface area contributed by atoms with Gasteiger partial charge in [0, 0.05) is 12.6 Å². The summed E-state index contributed by atoms with van der Waals surface area (Å²) in [6, 6.07) is 6.38. The number of aryl methyl sites for hydroxylation is 2. The van der Waals surface area contributed by atoms with Gasteiger partial charge in [0.2, 0.25) is 0 Å². The summed E-state index contributed by atoms with van der Waals surface area (Å²) in [6.07, 6.45) is 0.931. The van der Waals surface area contributed by atoms with Crippen LogP contribution < -0.4 is 10.1 Å². The Morgan fingerprint density at radius 3 is 2.76 bits per heavy atom. The van der Waals surface area contributed by atoms with Gasteiger partial charge < -0.3 is 15.2 Å². The Balaban J connectivity index is 2.33. The maximum atomic E-state index is 9.02. The number of hydrogen-bond donors (Lipinski definition) is 2. The van der Waals surface area contributed by atoms with Gasteiger partial charge in [0.25, 0.3) is 0 Å². The Hall–Kier alpha value is -1.06. The first kappa shape index (κ1) is 14.0. The molecule has 96 valence electrons. The summed E-state index contributed by atoms with van der Waals surface area (Å²) >= 11 is 0. The Morgan fingerprint density at radius 2 is 2.12 bits per heavy atom. The number of rotatable bonds is 7. The van der Waals surface area contributed by atoms with Crippen LogP contribution in [0.3, 0.4) is 0 Å². The van der Waals surface area contributed by atoms with Crippen molar-refractivity contribution in [1.82, 2.24) is 5.32 Å². The summed E-state index contributed by atoms with van der Waals surface area (Å²) < 4.78 is 5.71. The van der Waals surface area contributed by atoms with E-state index in [9.17, 15) is 0 Å². The van der Waals surface area contributed by atoms with E-state index in [2.05, 4.69) is 37.4 Å². The predicted octanol–water partition coefficient (Wildman–Crippen LogP) is 2.04. The number of aliphatic hydroxyl groups is 1. The zero-order valence-corrected chi connectivity index (χ0v) is 11.0. The summed E-state index contributed by atoms with van der Waals surface area (Å²) in [5, 5.41) is 12.3. The first-order valence-electron chi connectivity index (χ1n) is 6.21. The van der Waals surface area contributed by atoms with Crippen LogP contribution in [-0.4, -0.2) is 30.9 Å². The van der Waals surface area contributed by atoms with Crippen molar-refractivity contribution in [3.8, 4) is 5.75 Å². The van der Waals surface area contributed by atoms with Crippen LogP contribution in [0.2, 0.25) is 0 Å². The lowest BCUT2D eigenvalue weighted by Gasteiger charge is -2.15. The van der Waals surface area contributed by atoms with Crippen molar-refractivity contribution < 1.29 is 9.84 Å². The van der Waals surface area contributed by atoms with Gasteiger partial charge in [-0.15, -0.1) is 0 Å². The van der Waals surface area contributed by atoms with Gasteiger partial charge in [-0.1, -0.05) is 19.1 Å². The highest BCUT2D eigenvalue weighted by molar-refractivity contribution is 5.35. The van der Waals surface area contributed by atoms with Gasteiger partial charge in [-0.3, -0.25) is 0 Å². The molecule has 3 heteroatoms. The molecule has 0 aliphatic rings. The van der Waals surface area contributed by atoms with Crippen LogP contribution in [0.4, 0.5) is 0 Å². The molecule has 0 aliphatic heterocycles. The van der Waals surface area contributed by atoms with Crippen molar-refractivity contribution in [2.45, 2.75) is 33.2 Å². The van der Waals surface area contributed by atoms with Crippen LogP contribution in [0.25, 0.3) is 0 Å². The lowest BCUT2D eigenvalue weighted by atomic mass is 10.1. The molecule has 0 fully saturated rings. The summed E-state index contributed by atoms with van der Waals surface area (Å²) in [5.41, 5.74) is 2.37.